The number of hydrogen-bond donors (Lipinski definition) is 0. The van der Waals surface area contributed by atoms with Crippen molar-refractivity contribution in [3.8, 4) is 0 Å². The second kappa shape index (κ2) is 8.70. The van der Waals surface area contributed by atoms with Crippen LogP contribution in [0.1, 0.15) is 17.2 Å². The van der Waals surface area contributed by atoms with E-state index in [4.69, 9.17) is 27.9 Å². The lowest BCUT2D eigenvalue weighted by atomic mass is 10.1. The highest BCUT2D eigenvalue weighted by atomic mass is 35.5. The molecule has 4 nitrogen and oxygen atoms in total. The quantitative estimate of drug-likeness (QED) is 0.573. The number of likely N-dealkylation sites (N-methyl/N-ethyl adjacent to an activating group) is 1. The monoisotopic (exact) mass is 377 g/mol. The van der Waals surface area contributed by atoms with Crippen molar-refractivity contribution >= 4 is 41.2 Å². The number of rotatable bonds is 5. The number of nitrogens with zero attached hydrogens (tertiary/aromatic N) is 1. The molecule has 6 heteroatoms. The number of carbonyl (C=O) groups excluding carboxylic acids is 2. The highest BCUT2D eigenvalue weighted by molar-refractivity contribution is 6.42. The molecule has 0 aliphatic carbocycles. The van der Waals surface area contributed by atoms with Crippen LogP contribution in [0.4, 0.5) is 0 Å². The number of carbonyl (C=O) groups is 2. The van der Waals surface area contributed by atoms with Crippen LogP contribution in [-0.4, -0.2) is 30.9 Å². The number of hydrogen-bond acceptors (Lipinski definition) is 3. The van der Waals surface area contributed by atoms with E-state index in [9.17, 15) is 9.59 Å². The molecule has 0 aromatic heterocycles. The molecule has 0 radical (unpaired) electrons. The van der Waals surface area contributed by atoms with Crippen molar-refractivity contribution < 1.29 is 14.3 Å². The number of halogens is 2. The van der Waals surface area contributed by atoms with Crippen LogP contribution < -0.4 is 0 Å². The third kappa shape index (κ3) is 5.34. The summed E-state index contributed by atoms with van der Waals surface area (Å²) in [5.74, 6) is -0.947. The van der Waals surface area contributed by atoms with E-state index >= 15 is 0 Å². The average molecular weight is 378 g/mol. The molecule has 2 rings (SSSR count). The summed E-state index contributed by atoms with van der Waals surface area (Å²) >= 11 is 11.8. The topological polar surface area (TPSA) is 46.6 Å². The van der Waals surface area contributed by atoms with Gasteiger partial charge in [0.15, 0.2) is 0 Å². The van der Waals surface area contributed by atoms with Crippen LogP contribution in [0.3, 0.4) is 0 Å². The second-order valence-corrected chi connectivity index (χ2v) is 6.28. The molecule has 0 saturated heterocycles. The van der Waals surface area contributed by atoms with E-state index in [1.807, 2.05) is 6.07 Å². The maximum atomic E-state index is 12.3. The Morgan fingerprint density at radius 1 is 1.04 bits per heavy atom. The Bertz CT molecular complexity index is 789. The Morgan fingerprint density at radius 2 is 1.72 bits per heavy atom. The predicted octanol–water partition coefficient (Wildman–Crippen LogP) is 4.38. The first kappa shape index (κ1) is 19.0. The van der Waals surface area contributed by atoms with Crippen LogP contribution in [0.2, 0.25) is 10.0 Å². The zero-order valence-electron chi connectivity index (χ0n) is 13.8. The van der Waals surface area contributed by atoms with E-state index in [1.165, 1.54) is 11.0 Å². The van der Waals surface area contributed by atoms with Gasteiger partial charge in [-0.3, -0.25) is 4.79 Å². The van der Waals surface area contributed by atoms with Crippen molar-refractivity contribution in [2.24, 2.45) is 0 Å². The normalized spacial score (nSPS) is 12.0. The smallest absolute Gasteiger partial charge is 0.331 e. The van der Waals surface area contributed by atoms with Gasteiger partial charge in [-0.2, -0.15) is 0 Å². The molecule has 0 bridgehead atoms. The molecule has 2 aromatic carbocycles. The predicted molar refractivity (Wildman–Crippen MR) is 99.5 cm³/mol. The van der Waals surface area contributed by atoms with Gasteiger partial charge in [0.1, 0.15) is 0 Å². The van der Waals surface area contributed by atoms with Crippen molar-refractivity contribution in [1.29, 1.82) is 0 Å². The van der Waals surface area contributed by atoms with Gasteiger partial charge in [-0.25, -0.2) is 4.79 Å². The Morgan fingerprint density at radius 3 is 2.32 bits per heavy atom. The van der Waals surface area contributed by atoms with Gasteiger partial charge in [-0.05, 0) is 23.8 Å². The van der Waals surface area contributed by atoms with Gasteiger partial charge < -0.3 is 9.64 Å². The SMILES string of the molecule is CN(C)C(=O)[C@@H](OC(=O)/C=C/c1ccc(Cl)c(Cl)c1)c1ccccc1. The minimum absolute atomic E-state index is 0.317. The van der Waals surface area contributed by atoms with Gasteiger partial charge in [-0.1, -0.05) is 59.6 Å². The van der Waals surface area contributed by atoms with E-state index in [1.54, 1.807) is 62.6 Å². The van der Waals surface area contributed by atoms with Gasteiger partial charge in [0.05, 0.1) is 10.0 Å². The number of esters is 1. The summed E-state index contributed by atoms with van der Waals surface area (Å²) in [5.41, 5.74) is 1.30. The van der Waals surface area contributed by atoms with Crippen molar-refractivity contribution in [2.45, 2.75) is 6.10 Å². The Kier molecular flexibility index (Phi) is 6.62. The van der Waals surface area contributed by atoms with E-state index in [0.717, 1.165) is 0 Å². The molecule has 0 N–H and O–H groups in total. The number of benzene rings is 2. The first-order valence-electron chi connectivity index (χ1n) is 7.48. The van der Waals surface area contributed by atoms with Gasteiger partial charge in [-0.15, -0.1) is 0 Å². The molecule has 0 aliphatic heterocycles. The van der Waals surface area contributed by atoms with Crippen molar-refractivity contribution in [1.82, 2.24) is 4.90 Å². The summed E-state index contributed by atoms with van der Waals surface area (Å²) in [5, 5.41) is 0.823. The molecule has 0 unspecified atom stereocenters. The average Bonchev–Trinajstić information content (AvgIpc) is 2.60. The lowest BCUT2D eigenvalue weighted by Gasteiger charge is -2.20. The largest absolute Gasteiger partial charge is 0.444 e. The lowest BCUT2D eigenvalue weighted by molar-refractivity contribution is -0.155. The summed E-state index contributed by atoms with van der Waals surface area (Å²) < 4.78 is 5.36. The zero-order chi connectivity index (χ0) is 18.4. The van der Waals surface area contributed by atoms with Crippen LogP contribution in [0, 0.1) is 0 Å². The summed E-state index contributed by atoms with van der Waals surface area (Å²) in [6.07, 6.45) is 1.80. The molecule has 25 heavy (non-hydrogen) atoms. The summed E-state index contributed by atoms with van der Waals surface area (Å²) in [6, 6.07) is 13.9. The molecule has 0 saturated carbocycles. The number of amides is 1. The molecule has 0 fully saturated rings. The van der Waals surface area contributed by atoms with E-state index in [0.29, 0.717) is 21.2 Å². The maximum absolute atomic E-state index is 12.3. The fraction of sp³-hybridized carbons (Fsp3) is 0.158. The molecule has 2 aromatic rings. The van der Waals surface area contributed by atoms with Crippen LogP contribution in [-0.2, 0) is 14.3 Å². The Hall–Kier alpha value is -2.30. The molecule has 0 heterocycles. The lowest BCUT2D eigenvalue weighted by Crippen LogP contribution is -2.30. The zero-order valence-corrected chi connectivity index (χ0v) is 15.3. The molecule has 1 amide bonds. The highest BCUT2D eigenvalue weighted by Crippen LogP contribution is 2.23. The van der Waals surface area contributed by atoms with E-state index < -0.39 is 12.1 Å². The van der Waals surface area contributed by atoms with E-state index in [2.05, 4.69) is 0 Å². The number of ether oxygens (including phenoxy) is 1. The molecular formula is C19H17Cl2NO3. The Labute approximate surface area is 156 Å². The van der Waals surface area contributed by atoms with Gasteiger partial charge in [0.25, 0.3) is 5.91 Å². The van der Waals surface area contributed by atoms with Crippen molar-refractivity contribution in [3.63, 3.8) is 0 Å². The fourth-order valence-electron chi connectivity index (χ4n) is 2.06. The van der Waals surface area contributed by atoms with Crippen LogP contribution in [0.25, 0.3) is 6.08 Å². The first-order chi connectivity index (χ1) is 11.9. The standard InChI is InChI=1S/C19H17Cl2NO3/c1-22(2)19(24)18(14-6-4-3-5-7-14)25-17(23)11-9-13-8-10-15(20)16(21)12-13/h3-12,18H,1-2H3/b11-9+/t18-/m0/s1. The van der Waals surface area contributed by atoms with Gasteiger partial charge in [0.2, 0.25) is 6.10 Å². The Balaban J connectivity index is 2.15. The molecule has 1 atom stereocenters. The molecule has 130 valence electrons. The van der Waals surface area contributed by atoms with Crippen molar-refractivity contribution in [3.05, 3.63) is 75.8 Å². The van der Waals surface area contributed by atoms with Gasteiger partial charge >= 0.3 is 5.97 Å². The molecule has 0 spiro atoms. The van der Waals surface area contributed by atoms with Crippen LogP contribution in [0.15, 0.2) is 54.6 Å². The second-order valence-electron chi connectivity index (χ2n) is 5.47. The van der Waals surface area contributed by atoms with Crippen molar-refractivity contribution in [2.75, 3.05) is 14.1 Å². The third-order valence-corrected chi connectivity index (χ3v) is 4.10. The van der Waals surface area contributed by atoms with Crippen LogP contribution in [0.5, 0.6) is 0 Å². The summed E-state index contributed by atoms with van der Waals surface area (Å²) in [4.78, 5) is 25.9. The van der Waals surface area contributed by atoms with Crippen LogP contribution >= 0.6 is 23.2 Å². The third-order valence-electron chi connectivity index (χ3n) is 3.36. The maximum Gasteiger partial charge on any atom is 0.331 e. The minimum atomic E-state index is -0.998. The summed E-state index contributed by atoms with van der Waals surface area (Å²) in [7, 11) is 3.22. The highest BCUT2D eigenvalue weighted by Gasteiger charge is 2.25. The van der Waals surface area contributed by atoms with Gasteiger partial charge in [0, 0.05) is 25.7 Å². The summed E-state index contributed by atoms with van der Waals surface area (Å²) in [6.45, 7) is 0. The fourth-order valence-corrected chi connectivity index (χ4v) is 2.37. The minimum Gasteiger partial charge on any atom is -0.444 e. The molecule has 0 aliphatic rings. The van der Waals surface area contributed by atoms with E-state index in [-0.39, 0.29) is 5.91 Å². The molecular weight excluding hydrogens is 361 g/mol. The first-order valence-corrected chi connectivity index (χ1v) is 8.24.